The minimum atomic E-state index is 0.691. The molecule has 0 amide bonds. The molecule has 0 saturated carbocycles. The highest BCUT2D eigenvalue weighted by atomic mass is 16.5. The average molecular weight is 291 g/mol. The van der Waals surface area contributed by atoms with Crippen molar-refractivity contribution in [1.82, 2.24) is 9.80 Å². The third kappa shape index (κ3) is 4.93. The fraction of sp³-hybridized carbons (Fsp3) is 0.562. The predicted octanol–water partition coefficient (Wildman–Crippen LogP) is 2.39. The Morgan fingerprint density at radius 3 is 2.67 bits per heavy atom. The zero-order chi connectivity index (χ0) is 15.1. The van der Waals surface area contributed by atoms with Gasteiger partial charge in [-0.25, -0.2) is 4.99 Å². The molecule has 0 atom stereocenters. The van der Waals surface area contributed by atoms with Crippen LogP contribution in [0.15, 0.2) is 23.2 Å². The summed E-state index contributed by atoms with van der Waals surface area (Å²) in [6.07, 6.45) is 4.38. The molecule has 0 spiro atoms. The summed E-state index contributed by atoms with van der Waals surface area (Å²) in [7, 11) is 5.54. The molecule has 5 heteroatoms. The highest BCUT2D eigenvalue weighted by molar-refractivity contribution is 5.62. The Morgan fingerprint density at radius 1 is 1.24 bits per heavy atom. The van der Waals surface area contributed by atoms with Crippen LogP contribution < -0.4 is 9.47 Å². The Labute approximate surface area is 127 Å². The lowest BCUT2D eigenvalue weighted by Gasteiger charge is -2.16. The molecule has 0 aromatic heterocycles. The lowest BCUT2D eigenvalue weighted by molar-refractivity contribution is 0.230. The summed E-state index contributed by atoms with van der Waals surface area (Å²) in [5.41, 5.74) is 0.854. The molecule has 0 N–H and O–H groups in total. The average Bonchev–Trinajstić information content (AvgIpc) is 2.99. The van der Waals surface area contributed by atoms with Crippen molar-refractivity contribution < 1.29 is 9.47 Å². The van der Waals surface area contributed by atoms with Crippen LogP contribution in [0.5, 0.6) is 11.5 Å². The van der Waals surface area contributed by atoms with Crippen LogP contribution in [0.2, 0.25) is 0 Å². The molecule has 1 heterocycles. The van der Waals surface area contributed by atoms with Gasteiger partial charge in [0.25, 0.3) is 0 Å². The van der Waals surface area contributed by atoms with Crippen LogP contribution in [0.1, 0.15) is 12.8 Å². The van der Waals surface area contributed by atoms with Crippen LogP contribution in [-0.4, -0.2) is 63.6 Å². The Morgan fingerprint density at radius 2 is 2.00 bits per heavy atom. The van der Waals surface area contributed by atoms with Gasteiger partial charge in [0.1, 0.15) is 6.61 Å². The van der Waals surface area contributed by atoms with Gasteiger partial charge in [-0.15, -0.1) is 0 Å². The van der Waals surface area contributed by atoms with E-state index in [1.165, 1.54) is 25.9 Å². The van der Waals surface area contributed by atoms with Gasteiger partial charge in [-0.05, 0) is 38.1 Å². The van der Waals surface area contributed by atoms with E-state index in [0.29, 0.717) is 6.61 Å². The molecule has 21 heavy (non-hydrogen) atoms. The maximum absolute atomic E-state index is 5.84. The van der Waals surface area contributed by atoms with E-state index in [4.69, 9.17) is 9.47 Å². The largest absolute Gasteiger partial charge is 0.493 e. The number of hydrogen-bond acceptors (Lipinski definition) is 4. The summed E-state index contributed by atoms with van der Waals surface area (Å²) in [6, 6.07) is 5.75. The molecule has 116 valence electrons. The lowest BCUT2D eigenvalue weighted by Crippen LogP contribution is -2.25. The topological polar surface area (TPSA) is 37.3 Å². The van der Waals surface area contributed by atoms with Gasteiger partial charge in [-0.1, -0.05) is 0 Å². The lowest BCUT2D eigenvalue weighted by atomic mass is 10.3. The summed E-state index contributed by atoms with van der Waals surface area (Å²) in [6.45, 7) is 4.05. The molecule has 1 saturated heterocycles. The highest BCUT2D eigenvalue weighted by Crippen LogP contribution is 2.31. The van der Waals surface area contributed by atoms with Crippen LogP contribution >= 0.6 is 0 Å². The maximum atomic E-state index is 5.84. The van der Waals surface area contributed by atoms with Gasteiger partial charge in [-0.2, -0.15) is 0 Å². The van der Waals surface area contributed by atoms with Gasteiger partial charge in [-0.3, -0.25) is 4.90 Å². The Bertz CT molecular complexity index is 469. The number of rotatable bonds is 7. The molecule has 0 radical (unpaired) electrons. The van der Waals surface area contributed by atoms with Gasteiger partial charge in [0, 0.05) is 26.7 Å². The number of benzene rings is 1. The first kappa shape index (κ1) is 15.6. The van der Waals surface area contributed by atoms with Crippen molar-refractivity contribution >= 4 is 12.0 Å². The van der Waals surface area contributed by atoms with Gasteiger partial charge < -0.3 is 14.4 Å². The Kier molecular flexibility index (Phi) is 5.87. The number of nitrogens with zero attached hydrogens (tertiary/aromatic N) is 3. The first-order valence-electron chi connectivity index (χ1n) is 7.43. The normalized spacial score (nSPS) is 15.6. The van der Waals surface area contributed by atoms with Crippen LogP contribution in [-0.2, 0) is 0 Å². The van der Waals surface area contributed by atoms with Crippen molar-refractivity contribution in [2.75, 3.05) is 47.4 Å². The van der Waals surface area contributed by atoms with E-state index in [2.05, 4.69) is 9.89 Å². The van der Waals surface area contributed by atoms with Gasteiger partial charge in [0.2, 0.25) is 0 Å². The molecule has 0 unspecified atom stereocenters. The molecule has 1 fully saturated rings. The van der Waals surface area contributed by atoms with Crippen LogP contribution in [0.3, 0.4) is 0 Å². The number of hydrogen-bond donors (Lipinski definition) is 0. The Hall–Kier alpha value is -1.75. The molecule has 1 aliphatic heterocycles. The quantitative estimate of drug-likeness (QED) is 0.571. The number of ether oxygens (including phenoxy) is 2. The summed E-state index contributed by atoms with van der Waals surface area (Å²) in [5.74, 6) is 1.50. The SMILES string of the molecule is COc1cc(N=CN(C)C)ccc1OCCN1CCCC1. The predicted molar refractivity (Wildman–Crippen MR) is 86.0 cm³/mol. The second kappa shape index (κ2) is 7.88. The van der Waals surface area contributed by atoms with Crippen molar-refractivity contribution in [2.24, 2.45) is 4.99 Å². The number of likely N-dealkylation sites (tertiary alicyclic amines) is 1. The number of methoxy groups -OCH3 is 1. The Balaban J connectivity index is 1.92. The van der Waals surface area contributed by atoms with Gasteiger partial charge in [0.15, 0.2) is 11.5 Å². The molecule has 0 aliphatic carbocycles. The van der Waals surface area contributed by atoms with E-state index in [0.717, 1.165) is 23.7 Å². The summed E-state index contributed by atoms with van der Waals surface area (Å²) < 4.78 is 11.2. The first-order chi connectivity index (χ1) is 10.2. The van der Waals surface area contributed by atoms with Crippen molar-refractivity contribution in [3.8, 4) is 11.5 Å². The van der Waals surface area contributed by atoms with E-state index < -0.39 is 0 Å². The molecule has 1 aromatic rings. The van der Waals surface area contributed by atoms with Gasteiger partial charge in [0.05, 0.1) is 19.1 Å². The van der Waals surface area contributed by atoms with E-state index in [1.54, 1.807) is 13.4 Å². The van der Waals surface area contributed by atoms with Crippen molar-refractivity contribution in [1.29, 1.82) is 0 Å². The highest BCUT2D eigenvalue weighted by Gasteiger charge is 2.11. The standard InChI is InChI=1S/C16H25N3O2/c1-18(2)13-17-14-6-7-15(16(12-14)20-3)21-11-10-19-8-4-5-9-19/h6-7,12-13H,4-5,8-11H2,1-3H3. The van der Waals surface area contributed by atoms with Gasteiger partial charge >= 0.3 is 0 Å². The van der Waals surface area contributed by atoms with Crippen molar-refractivity contribution in [3.63, 3.8) is 0 Å². The summed E-state index contributed by atoms with van der Waals surface area (Å²) in [5, 5.41) is 0. The fourth-order valence-corrected chi connectivity index (χ4v) is 2.33. The third-order valence-electron chi connectivity index (χ3n) is 3.45. The second-order valence-corrected chi connectivity index (χ2v) is 5.44. The van der Waals surface area contributed by atoms with Crippen molar-refractivity contribution in [2.45, 2.75) is 12.8 Å². The summed E-state index contributed by atoms with van der Waals surface area (Å²) in [4.78, 5) is 8.68. The first-order valence-corrected chi connectivity index (χ1v) is 7.43. The minimum absolute atomic E-state index is 0.691. The third-order valence-corrected chi connectivity index (χ3v) is 3.45. The fourth-order valence-electron chi connectivity index (χ4n) is 2.33. The molecule has 0 bridgehead atoms. The van der Waals surface area contributed by atoms with Crippen molar-refractivity contribution in [3.05, 3.63) is 18.2 Å². The van der Waals surface area contributed by atoms with Crippen LogP contribution in [0.4, 0.5) is 5.69 Å². The molecular formula is C16H25N3O2. The smallest absolute Gasteiger partial charge is 0.162 e. The van der Waals surface area contributed by atoms with Crippen LogP contribution in [0, 0.1) is 0 Å². The molecule has 2 rings (SSSR count). The minimum Gasteiger partial charge on any atom is -0.493 e. The van der Waals surface area contributed by atoms with E-state index >= 15 is 0 Å². The van der Waals surface area contributed by atoms with E-state index in [-0.39, 0.29) is 0 Å². The zero-order valence-electron chi connectivity index (χ0n) is 13.2. The van der Waals surface area contributed by atoms with Crippen LogP contribution in [0.25, 0.3) is 0 Å². The molecular weight excluding hydrogens is 266 g/mol. The van der Waals surface area contributed by atoms with E-state index in [9.17, 15) is 0 Å². The summed E-state index contributed by atoms with van der Waals surface area (Å²) >= 11 is 0. The van der Waals surface area contributed by atoms with E-state index in [1.807, 2.05) is 37.2 Å². The number of aliphatic imine (C=N–C) groups is 1. The zero-order valence-corrected chi connectivity index (χ0v) is 13.2. The molecule has 1 aliphatic rings. The molecule has 5 nitrogen and oxygen atoms in total. The maximum Gasteiger partial charge on any atom is 0.162 e. The monoisotopic (exact) mass is 291 g/mol. The molecule has 1 aromatic carbocycles. The second-order valence-electron chi connectivity index (χ2n) is 5.44.